The van der Waals surface area contributed by atoms with Gasteiger partial charge in [-0.05, 0) is 114 Å². The summed E-state index contributed by atoms with van der Waals surface area (Å²) in [6.45, 7) is 18.5. The number of esters is 2. The van der Waals surface area contributed by atoms with Crippen LogP contribution >= 0.6 is 11.6 Å². The number of halogens is 1. The SMILES string of the molecule is CC(=O)[C@](C)(O)[C@@H](O)C[C@@H]1C[C@]23OC(=O)C(=C(O)[C@]4(C)C(C=C[C@@H]5[C@@H](O[C@@H]6O[C@H](C)[C@@H](O)[C@H](O[C@@H]7O[C@H](C)[C@@H](OC(=O)c8c(O)ccc(Cl)c8C)[C@H](O)[C@H]7O)[C@H]6O)[C@H](C)C[C@H](C)[C@H]54)[C@H](C)/C=C/C[C@]2(C)C=C1C)C3=O. The first-order valence-corrected chi connectivity index (χ1v) is 26.5. The minimum absolute atomic E-state index is 0.0723. The average molecular weight is 1070 g/mol. The minimum atomic E-state index is -2.07. The van der Waals surface area contributed by atoms with E-state index in [1.807, 2.05) is 58.9 Å². The van der Waals surface area contributed by atoms with Crippen molar-refractivity contribution < 1.29 is 88.5 Å². The second kappa shape index (κ2) is 20.6. The Bertz CT molecular complexity index is 2560. The molecule has 23 atom stereocenters. The Labute approximate surface area is 442 Å². The van der Waals surface area contributed by atoms with Crippen LogP contribution in [0.4, 0.5) is 0 Å². The van der Waals surface area contributed by atoms with Gasteiger partial charge >= 0.3 is 11.9 Å². The predicted molar refractivity (Wildman–Crippen MR) is 268 cm³/mol. The molecule has 1 spiro atoms. The lowest BCUT2D eigenvalue weighted by Crippen LogP contribution is -2.64. The molecule has 3 saturated heterocycles. The minimum Gasteiger partial charge on any atom is -0.511 e. The zero-order chi connectivity index (χ0) is 55.3. The third-order valence-electron chi connectivity index (χ3n) is 18.5. The number of ether oxygens (including phenoxy) is 6. The topological polar surface area (TPSA) is 285 Å². The lowest BCUT2D eigenvalue weighted by atomic mass is 9.49. The lowest BCUT2D eigenvalue weighted by Gasteiger charge is -2.57. The van der Waals surface area contributed by atoms with Crippen molar-refractivity contribution in [2.45, 2.75) is 187 Å². The van der Waals surface area contributed by atoms with Gasteiger partial charge in [-0.15, -0.1) is 0 Å². The van der Waals surface area contributed by atoms with Gasteiger partial charge in [-0.3, -0.25) is 9.59 Å². The molecule has 3 aliphatic heterocycles. The molecule has 8 N–H and O–H groups in total. The van der Waals surface area contributed by atoms with Gasteiger partial charge in [-0.2, -0.15) is 0 Å². The summed E-state index contributed by atoms with van der Waals surface area (Å²) in [5, 5.41) is 91.7. The summed E-state index contributed by atoms with van der Waals surface area (Å²) in [4.78, 5) is 55.5. The quantitative estimate of drug-likeness (QED) is 0.0867. The van der Waals surface area contributed by atoms with Gasteiger partial charge in [0, 0.05) is 28.2 Å². The molecule has 75 heavy (non-hydrogen) atoms. The number of phenolic OH excluding ortho intramolecular Hbond substituents is 1. The Kier molecular flexibility index (Phi) is 15.7. The van der Waals surface area contributed by atoms with E-state index < -0.39 is 160 Å². The average Bonchev–Trinajstić information content (AvgIpc) is 3.59. The van der Waals surface area contributed by atoms with Crippen LogP contribution in [0.5, 0.6) is 5.75 Å². The summed E-state index contributed by atoms with van der Waals surface area (Å²) in [6, 6.07) is 2.62. The molecule has 1 saturated carbocycles. The molecule has 1 aromatic rings. The molecule has 3 heterocycles. The number of aliphatic hydroxyl groups excluding tert-OH is 6. The summed E-state index contributed by atoms with van der Waals surface area (Å²) in [7, 11) is 0. The van der Waals surface area contributed by atoms with Crippen molar-refractivity contribution in [2.24, 2.45) is 52.3 Å². The number of Topliss-reactive ketones (excluding diaryl/α,β-unsaturated/α-hetero) is 2. The van der Waals surface area contributed by atoms with E-state index in [9.17, 15) is 55.2 Å². The van der Waals surface area contributed by atoms with Gasteiger partial charge in [0.05, 0.1) is 24.4 Å². The number of aliphatic hydroxyl groups is 7. The molecule has 18 nitrogen and oxygen atoms in total. The van der Waals surface area contributed by atoms with Crippen molar-refractivity contribution in [1.82, 2.24) is 0 Å². The van der Waals surface area contributed by atoms with Gasteiger partial charge in [-0.25, -0.2) is 9.59 Å². The number of fused-ring (bicyclic) bond motifs is 4. The van der Waals surface area contributed by atoms with Crippen LogP contribution in [0.1, 0.15) is 111 Å². The molecule has 4 aliphatic carbocycles. The Balaban J connectivity index is 1.07. The molecule has 0 radical (unpaired) electrons. The van der Waals surface area contributed by atoms with Gasteiger partial charge in [0.1, 0.15) is 58.8 Å². The Hall–Kier alpha value is -4.05. The van der Waals surface area contributed by atoms with Gasteiger partial charge in [0.25, 0.3) is 0 Å². The molecular weight excluding hydrogens is 996 g/mol. The summed E-state index contributed by atoms with van der Waals surface area (Å²) in [5.74, 6) is -6.81. The highest BCUT2D eigenvalue weighted by molar-refractivity contribution is 6.32. The molecule has 0 aromatic heterocycles. The zero-order valence-electron chi connectivity index (χ0n) is 44.4. The Morgan fingerprint density at radius 1 is 0.867 bits per heavy atom. The number of hydrogen-bond donors (Lipinski definition) is 8. The third kappa shape index (κ3) is 9.44. The van der Waals surface area contributed by atoms with Crippen LogP contribution in [0.3, 0.4) is 0 Å². The Morgan fingerprint density at radius 2 is 1.51 bits per heavy atom. The number of phenols is 1. The standard InChI is InChI=1S/C56H75ClO18/c1-23-13-12-18-53(9)21-26(4)31(20-36(60)55(11,69)30(8)58)22-56(53)48(66)38(50(68)75-56)47(65)54(10)33(23)15-14-32-39(54)24(2)19-25(3)44(32)73-52-43(64)46(40(61)28(6)70-52)74-51-42(63)41(62)45(29(7)71-51)72-49(67)37-27(5)34(57)16-17-35(37)59/h12-17,21,23-25,28-29,31-33,36,39-46,51-52,59-65,69H,18-20,22H2,1-11H3/b13-12+,47-38?/t23-,24+,25-,28-,29-,31-,32+,33?,36+,39-,40-,41-,42-,43-,44+,45-,46+,51+,52+,53-,54-,55+,56-/m1/s1. The van der Waals surface area contributed by atoms with E-state index in [2.05, 4.69) is 13.0 Å². The maximum absolute atomic E-state index is 15.4. The van der Waals surface area contributed by atoms with Crippen LogP contribution in [0.25, 0.3) is 0 Å². The molecule has 8 rings (SSSR count). The van der Waals surface area contributed by atoms with E-state index in [0.29, 0.717) is 6.42 Å². The molecule has 0 amide bonds. The molecule has 4 fully saturated rings. The molecule has 19 heteroatoms. The number of allylic oxidation sites excluding steroid dienone is 5. The third-order valence-corrected chi connectivity index (χ3v) is 18.9. The fraction of sp³-hybridized carbons (Fsp3) is 0.679. The second-order valence-corrected chi connectivity index (χ2v) is 23.8. The first kappa shape index (κ1) is 57.1. The van der Waals surface area contributed by atoms with E-state index >= 15 is 4.79 Å². The van der Waals surface area contributed by atoms with Crippen LogP contribution in [-0.2, 0) is 42.8 Å². The van der Waals surface area contributed by atoms with Gasteiger partial charge in [0.15, 0.2) is 30.1 Å². The van der Waals surface area contributed by atoms with Gasteiger partial charge < -0.3 is 69.3 Å². The maximum atomic E-state index is 15.4. The van der Waals surface area contributed by atoms with Crippen LogP contribution in [0.15, 0.2) is 59.4 Å². The monoisotopic (exact) mass is 1070 g/mol. The smallest absolute Gasteiger partial charge is 0.346 e. The summed E-state index contributed by atoms with van der Waals surface area (Å²) < 4.78 is 36.8. The highest BCUT2D eigenvalue weighted by Crippen LogP contribution is 2.62. The zero-order valence-corrected chi connectivity index (χ0v) is 45.1. The van der Waals surface area contributed by atoms with Crippen LogP contribution in [-0.4, -0.2) is 149 Å². The van der Waals surface area contributed by atoms with Gasteiger partial charge in [0.2, 0.25) is 5.78 Å². The second-order valence-electron chi connectivity index (χ2n) is 23.4. The van der Waals surface area contributed by atoms with E-state index in [-0.39, 0.29) is 53.2 Å². The highest BCUT2D eigenvalue weighted by atomic mass is 35.5. The fourth-order valence-corrected chi connectivity index (χ4v) is 14.0. The number of ketones is 2. The normalized spacial score (nSPS) is 44.4. The van der Waals surface area contributed by atoms with E-state index in [1.54, 1.807) is 6.92 Å². The number of carbonyl (C=O) groups excluding carboxylic acids is 4. The molecule has 414 valence electrons. The van der Waals surface area contributed by atoms with Crippen molar-refractivity contribution in [1.29, 1.82) is 0 Å². The van der Waals surface area contributed by atoms with Crippen LogP contribution < -0.4 is 0 Å². The van der Waals surface area contributed by atoms with Crippen LogP contribution in [0.2, 0.25) is 5.02 Å². The molecule has 1 unspecified atom stereocenters. The highest BCUT2D eigenvalue weighted by Gasteiger charge is 2.67. The number of aromatic hydroxyl groups is 1. The number of hydrogen-bond acceptors (Lipinski definition) is 18. The first-order valence-electron chi connectivity index (χ1n) is 26.1. The van der Waals surface area contributed by atoms with E-state index in [0.717, 1.165) is 5.57 Å². The number of benzene rings is 1. The van der Waals surface area contributed by atoms with Crippen LogP contribution in [0, 0.1) is 59.2 Å². The predicted octanol–water partition coefficient (Wildman–Crippen LogP) is 5.02. The molecule has 1 aromatic carbocycles. The van der Waals surface area contributed by atoms with Crippen molar-refractivity contribution >= 4 is 35.1 Å². The van der Waals surface area contributed by atoms with E-state index in [1.165, 1.54) is 39.8 Å². The summed E-state index contributed by atoms with van der Waals surface area (Å²) in [5.41, 5.74) is -5.95. The van der Waals surface area contributed by atoms with Crippen molar-refractivity contribution in [3.05, 3.63) is 75.6 Å². The van der Waals surface area contributed by atoms with Crippen molar-refractivity contribution in [3.63, 3.8) is 0 Å². The number of rotatable bonds is 10. The summed E-state index contributed by atoms with van der Waals surface area (Å²) in [6.07, 6.45) is -6.78. The molecule has 7 aliphatic rings. The maximum Gasteiger partial charge on any atom is 0.346 e. The fourth-order valence-electron chi connectivity index (χ4n) is 13.8. The summed E-state index contributed by atoms with van der Waals surface area (Å²) >= 11 is 6.18. The Morgan fingerprint density at radius 3 is 2.17 bits per heavy atom. The molecular formula is C56H75ClO18. The first-order chi connectivity index (χ1) is 34.9. The molecule has 2 bridgehead atoms. The number of carbonyl (C=O) groups is 4. The van der Waals surface area contributed by atoms with Crippen molar-refractivity contribution in [3.8, 4) is 5.75 Å². The largest absolute Gasteiger partial charge is 0.511 e. The lowest BCUT2D eigenvalue weighted by molar-refractivity contribution is -0.361. The van der Waals surface area contributed by atoms with E-state index in [4.69, 9.17) is 40.0 Å². The van der Waals surface area contributed by atoms with Gasteiger partial charge in [-0.1, -0.05) is 82.2 Å². The van der Waals surface area contributed by atoms with Crippen molar-refractivity contribution in [2.75, 3.05) is 0 Å².